The van der Waals surface area contributed by atoms with Gasteiger partial charge in [0.15, 0.2) is 0 Å². The zero-order chi connectivity index (χ0) is 27.6. The minimum absolute atomic E-state index is 0.00394. The van der Waals surface area contributed by atoms with Gasteiger partial charge in [-0.1, -0.05) is 31.2 Å². The lowest BCUT2D eigenvalue weighted by Gasteiger charge is -2.35. The van der Waals surface area contributed by atoms with Crippen LogP contribution in [0.2, 0.25) is 0 Å². The molecule has 5 atom stereocenters. The summed E-state index contributed by atoms with van der Waals surface area (Å²) in [6.07, 6.45) is 1.88. The molecular weight excluding hydrogens is 505 g/mol. The molecule has 7 nitrogen and oxygen atoms in total. The van der Waals surface area contributed by atoms with Crippen LogP contribution in [0, 0.1) is 23.1 Å². The fourth-order valence-electron chi connectivity index (χ4n) is 5.37. The molecule has 1 aliphatic carbocycles. The van der Waals surface area contributed by atoms with Crippen LogP contribution in [0.4, 0.5) is 9.18 Å². The molecule has 1 saturated heterocycles. The van der Waals surface area contributed by atoms with Gasteiger partial charge in [-0.15, -0.1) is 0 Å². The molecule has 2 aliphatic rings. The number of carbonyl (C=O) groups excluding carboxylic acids is 2. The molecule has 1 saturated carbocycles. The highest BCUT2D eigenvalue weighted by atomic mass is 32.2. The van der Waals surface area contributed by atoms with Crippen LogP contribution in [0.25, 0.3) is 11.1 Å². The Kier molecular flexibility index (Phi) is 8.22. The summed E-state index contributed by atoms with van der Waals surface area (Å²) in [5, 5.41) is 12.5. The predicted molar refractivity (Wildman–Crippen MR) is 143 cm³/mol. The van der Waals surface area contributed by atoms with E-state index >= 15 is 4.39 Å². The van der Waals surface area contributed by atoms with Crippen molar-refractivity contribution in [3.63, 3.8) is 0 Å². The maximum atomic E-state index is 15.0. The van der Waals surface area contributed by atoms with Crippen molar-refractivity contribution in [3.05, 3.63) is 53.8 Å². The molecule has 0 spiro atoms. The van der Waals surface area contributed by atoms with Gasteiger partial charge in [0.1, 0.15) is 23.5 Å². The Bertz CT molecular complexity index is 1270. The summed E-state index contributed by atoms with van der Waals surface area (Å²) in [5.41, 5.74) is 1.07. The number of nitriles is 1. The average molecular weight is 540 g/mol. The minimum atomic E-state index is -1.06. The lowest BCUT2D eigenvalue weighted by Crippen LogP contribution is -2.55. The number of benzene rings is 2. The summed E-state index contributed by atoms with van der Waals surface area (Å²) in [6, 6.07) is 12.3. The second kappa shape index (κ2) is 11.2. The van der Waals surface area contributed by atoms with Crippen LogP contribution in [0.15, 0.2) is 47.4 Å². The van der Waals surface area contributed by atoms with Crippen LogP contribution in [-0.2, 0) is 26.8 Å². The molecule has 1 heterocycles. The van der Waals surface area contributed by atoms with E-state index < -0.39 is 46.3 Å². The van der Waals surface area contributed by atoms with E-state index in [0.29, 0.717) is 16.9 Å². The molecule has 1 aliphatic heterocycles. The molecule has 4 rings (SSSR count). The number of amides is 2. The maximum Gasteiger partial charge on any atom is 0.411 e. The van der Waals surface area contributed by atoms with Gasteiger partial charge in [0.25, 0.3) is 0 Å². The third-order valence-corrected chi connectivity index (χ3v) is 8.44. The third-order valence-electron chi connectivity index (χ3n) is 7.12. The van der Waals surface area contributed by atoms with E-state index in [1.807, 2.05) is 6.92 Å². The summed E-state index contributed by atoms with van der Waals surface area (Å²) in [4.78, 5) is 28.4. The quantitative estimate of drug-likeness (QED) is 0.536. The summed E-state index contributed by atoms with van der Waals surface area (Å²) in [7, 11) is -1.06. The zero-order valence-electron chi connectivity index (χ0n) is 22.2. The number of nitrogens with one attached hydrogen (secondary N) is 1. The second-order valence-electron chi connectivity index (χ2n) is 10.9. The molecule has 3 unspecified atom stereocenters. The van der Waals surface area contributed by atoms with Crippen molar-refractivity contribution in [1.29, 1.82) is 5.26 Å². The largest absolute Gasteiger partial charge is 0.444 e. The number of piperidine rings is 1. The van der Waals surface area contributed by atoms with E-state index in [2.05, 4.69) is 11.4 Å². The topological polar surface area (TPSA) is 99.5 Å². The molecule has 0 aromatic heterocycles. The Balaban J connectivity index is 1.44. The summed E-state index contributed by atoms with van der Waals surface area (Å²) in [6.45, 7) is 7.19. The fraction of sp³-hybridized carbons (Fsp3) is 0.483. The molecule has 2 aromatic rings. The third kappa shape index (κ3) is 6.07. The predicted octanol–water partition coefficient (Wildman–Crippen LogP) is 4.96. The molecule has 2 amide bonds. The standard InChI is InChI=1S/C29H34FN3O4S/c1-5-38(36)24-12-9-18(10-13-24)19-6-7-20(25(30)16-19)14-22(17-31)32-27(34)26-21-8-11-23(15-21)33(26)28(35)37-29(2,3)4/h6-7,9-10,12-13,16,21-23,26H,5,8,11,14-15H2,1-4H3,(H,32,34)/t21?,22?,23-,26+,38?/m1/s1. The van der Waals surface area contributed by atoms with Crippen LogP contribution in [0.3, 0.4) is 0 Å². The Morgan fingerprint density at radius 3 is 2.47 bits per heavy atom. The number of carbonyl (C=O) groups is 2. The van der Waals surface area contributed by atoms with Gasteiger partial charge < -0.3 is 10.1 Å². The number of halogens is 1. The summed E-state index contributed by atoms with van der Waals surface area (Å²) >= 11 is 0. The smallest absolute Gasteiger partial charge is 0.411 e. The van der Waals surface area contributed by atoms with Gasteiger partial charge in [-0.25, -0.2) is 9.18 Å². The number of nitrogens with zero attached hydrogens (tertiary/aromatic N) is 2. The van der Waals surface area contributed by atoms with Crippen molar-refractivity contribution < 1.29 is 22.9 Å². The Labute approximate surface area is 225 Å². The van der Waals surface area contributed by atoms with Crippen LogP contribution in [0.1, 0.15) is 52.5 Å². The van der Waals surface area contributed by atoms with E-state index in [1.54, 1.807) is 57.2 Å². The second-order valence-corrected chi connectivity index (χ2v) is 12.7. The number of likely N-dealkylation sites (tertiary alicyclic amines) is 1. The van der Waals surface area contributed by atoms with Gasteiger partial charge in [-0.3, -0.25) is 13.9 Å². The van der Waals surface area contributed by atoms with Gasteiger partial charge in [-0.05, 0) is 80.8 Å². The minimum Gasteiger partial charge on any atom is -0.444 e. The monoisotopic (exact) mass is 539 g/mol. The maximum absolute atomic E-state index is 15.0. The van der Waals surface area contributed by atoms with Crippen molar-refractivity contribution in [2.75, 3.05) is 5.75 Å². The van der Waals surface area contributed by atoms with Crippen molar-refractivity contribution in [2.45, 2.75) is 82.0 Å². The van der Waals surface area contributed by atoms with E-state index in [-0.39, 0.29) is 18.4 Å². The van der Waals surface area contributed by atoms with E-state index in [9.17, 15) is 19.1 Å². The SMILES string of the molecule is CCS(=O)c1ccc(-c2ccc(CC(C#N)NC(=O)[C@@H]3C4CC[C@H](C4)N3C(=O)OC(C)(C)C)c(F)c2)cc1. The Hall–Kier alpha value is -3.25. The zero-order valence-corrected chi connectivity index (χ0v) is 23.0. The number of rotatable bonds is 7. The van der Waals surface area contributed by atoms with Gasteiger partial charge in [-0.2, -0.15) is 5.26 Å². The molecule has 2 fully saturated rings. The highest BCUT2D eigenvalue weighted by molar-refractivity contribution is 7.85. The first kappa shape index (κ1) is 27.8. The van der Waals surface area contributed by atoms with Crippen molar-refractivity contribution in [2.24, 2.45) is 5.92 Å². The van der Waals surface area contributed by atoms with Crippen molar-refractivity contribution in [1.82, 2.24) is 10.2 Å². The van der Waals surface area contributed by atoms with Gasteiger partial charge in [0, 0.05) is 23.1 Å². The molecule has 38 heavy (non-hydrogen) atoms. The van der Waals surface area contributed by atoms with Crippen molar-refractivity contribution >= 4 is 22.8 Å². The van der Waals surface area contributed by atoms with Gasteiger partial charge >= 0.3 is 6.09 Å². The van der Waals surface area contributed by atoms with Crippen LogP contribution in [-0.4, -0.2) is 50.6 Å². The lowest BCUT2D eigenvalue weighted by molar-refractivity contribution is -0.128. The van der Waals surface area contributed by atoms with E-state index in [4.69, 9.17) is 4.74 Å². The highest BCUT2D eigenvalue weighted by Crippen LogP contribution is 2.43. The van der Waals surface area contributed by atoms with Crippen molar-refractivity contribution in [3.8, 4) is 17.2 Å². The summed E-state index contributed by atoms with van der Waals surface area (Å²) in [5.74, 6) is -0.339. The average Bonchev–Trinajstić information content (AvgIpc) is 3.50. The Morgan fingerprint density at radius 1 is 1.18 bits per heavy atom. The van der Waals surface area contributed by atoms with E-state index in [1.165, 1.54) is 11.0 Å². The fourth-order valence-corrected chi connectivity index (χ4v) is 6.14. The highest BCUT2D eigenvalue weighted by Gasteiger charge is 2.52. The van der Waals surface area contributed by atoms with Gasteiger partial charge in [0.2, 0.25) is 5.91 Å². The first-order chi connectivity index (χ1) is 18.0. The Morgan fingerprint density at radius 2 is 1.87 bits per heavy atom. The number of hydrogen-bond acceptors (Lipinski definition) is 5. The van der Waals surface area contributed by atoms with Crippen LogP contribution in [0.5, 0.6) is 0 Å². The van der Waals surface area contributed by atoms with Crippen LogP contribution < -0.4 is 5.32 Å². The molecule has 0 radical (unpaired) electrons. The number of hydrogen-bond donors (Lipinski definition) is 1. The lowest BCUT2D eigenvalue weighted by atomic mass is 9.97. The first-order valence-electron chi connectivity index (χ1n) is 13.0. The molecule has 2 bridgehead atoms. The number of fused-ring (bicyclic) bond motifs is 2. The molecule has 9 heteroatoms. The molecular formula is C29H34FN3O4S. The normalized spacial score (nSPS) is 22.0. The molecule has 2 aromatic carbocycles. The first-order valence-corrected chi connectivity index (χ1v) is 14.3. The summed E-state index contributed by atoms with van der Waals surface area (Å²) < 4.78 is 32.6. The molecule has 1 N–H and O–H groups in total. The van der Waals surface area contributed by atoms with E-state index in [0.717, 1.165) is 29.7 Å². The van der Waals surface area contributed by atoms with Crippen LogP contribution >= 0.6 is 0 Å². The molecule has 202 valence electrons. The van der Waals surface area contributed by atoms with Gasteiger partial charge in [0.05, 0.1) is 16.9 Å². The number of ether oxygens (including phenoxy) is 1.